The molecule has 1 aromatic heterocycles. The minimum atomic E-state index is -0.104. The Morgan fingerprint density at radius 3 is 2.65 bits per heavy atom. The van der Waals surface area contributed by atoms with E-state index in [1.807, 2.05) is 14.1 Å². The summed E-state index contributed by atoms with van der Waals surface area (Å²) in [5, 5.41) is 10.1. The number of thiophene rings is 1. The number of nitrogens with one attached hydrogen (secondary N) is 2. The van der Waals surface area contributed by atoms with Crippen LogP contribution < -0.4 is 10.6 Å². The van der Waals surface area contributed by atoms with Gasteiger partial charge in [0.2, 0.25) is 0 Å². The van der Waals surface area contributed by atoms with E-state index in [0.29, 0.717) is 19.1 Å². The van der Waals surface area contributed by atoms with Crippen molar-refractivity contribution in [3.63, 3.8) is 0 Å². The first-order chi connectivity index (χ1) is 11.1. The molecule has 2 atom stereocenters. The Balaban J connectivity index is 1.71. The Labute approximate surface area is 142 Å². The van der Waals surface area contributed by atoms with Gasteiger partial charge in [-0.15, -0.1) is 0 Å². The van der Waals surface area contributed by atoms with Crippen LogP contribution in [0.3, 0.4) is 0 Å². The molecule has 0 radical (unpaired) electrons. The summed E-state index contributed by atoms with van der Waals surface area (Å²) in [5.74, 6) is 0. The van der Waals surface area contributed by atoms with E-state index in [-0.39, 0.29) is 12.1 Å². The third-order valence-electron chi connectivity index (χ3n) is 4.23. The first kappa shape index (κ1) is 18.2. The number of amides is 2. The molecule has 23 heavy (non-hydrogen) atoms. The molecular formula is C16H28N4O2S. The highest BCUT2D eigenvalue weighted by Gasteiger charge is 2.18. The summed E-state index contributed by atoms with van der Waals surface area (Å²) < 4.78 is 5.35. The Hall–Kier alpha value is -1.15. The summed E-state index contributed by atoms with van der Waals surface area (Å²) in [6.07, 6.45) is 0. The third kappa shape index (κ3) is 5.76. The van der Waals surface area contributed by atoms with Crippen LogP contribution in [0.1, 0.15) is 18.5 Å². The number of carbonyl (C=O) groups excluding carboxylic acids is 1. The summed E-state index contributed by atoms with van der Waals surface area (Å²) >= 11 is 1.68. The minimum Gasteiger partial charge on any atom is -0.379 e. The van der Waals surface area contributed by atoms with Crippen LogP contribution in [-0.2, 0) is 4.74 Å². The molecule has 1 aliphatic heterocycles. The molecule has 1 saturated heterocycles. The van der Waals surface area contributed by atoms with E-state index in [4.69, 9.17) is 4.74 Å². The van der Waals surface area contributed by atoms with Gasteiger partial charge in [-0.2, -0.15) is 11.3 Å². The predicted molar refractivity (Wildman–Crippen MR) is 94.0 cm³/mol. The fourth-order valence-electron chi connectivity index (χ4n) is 2.70. The van der Waals surface area contributed by atoms with E-state index in [1.165, 1.54) is 5.56 Å². The van der Waals surface area contributed by atoms with Crippen molar-refractivity contribution >= 4 is 17.4 Å². The van der Waals surface area contributed by atoms with Crippen LogP contribution in [0.4, 0.5) is 4.79 Å². The van der Waals surface area contributed by atoms with Crippen molar-refractivity contribution in [2.75, 3.05) is 53.5 Å². The maximum atomic E-state index is 12.0. The molecule has 0 aliphatic carbocycles. The van der Waals surface area contributed by atoms with Gasteiger partial charge in [0.1, 0.15) is 0 Å². The number of carbonyl (C=O) groups is 1. The maximum absolute atomic E-state index is 12.0. The van der Waals surface area contributed by atoms with Crippen LogP contribution in [0, 0.1) is 0 Å². The number of nitrogens with zero attached hydrogens (tertiary/aromatic N) is 2. The molecule has 130 valence electrons. The summed E-state index contributed by atoms with van der Waals surface area (Å²) in [7, 11) is 4.06. The summed E-state index contributed by atoms with van der Waals surface area (Å²) in [4.78, 5) is 16.5. The molecule has 1 fully saturated rings. The van der Waals surface area contributed by atoms with Gasteiger partial charge >= 0.3 is 6.03 Å². The Bertz CT molecular complexity index is 461. The second kappa shape index (κ2) is 9.22. The topological polar surface area (TPSA) is 56.8 Å². The number of hydrogen-bond acceptors (Lipinski definition) is 5. The van der Waals surface area contributed by atoms with Gasteiger partial charge in [-0.05, 0) is 43.4 Å². The summed E-state index contributed by atoms with van der Waals surface area (Å²) in [6.45, 7) is 6.82. The number of morpholine rings is 1. The normalized spacial score (nSPS) is 18.6. The maximum Gasteiger partial charge on any atom is 0.314 e. The number of hydrogen-bond donors (Lipinski definition) is 2. The highest BCUT2D eigenvalue weighted by Crippen LogP contribution is 2.19. The molecule has 7 heteroatoms. The third-order valence-corrected chi connectivity index (χ3v) is 4.94. The lowest BCUT2D eigenvalue weighted by molar-refractivity contribution is 0.0209. The second-order valence-corrected chi connectivity index (χ2v) is 6.90. The highest BCUT2D eigenvalue weighted by molar-refractivity contribution is 7.07. The van der Waals surface area contributed by atoms with E-state index >= 15 is 0 Å². The molecule has 2 N–H and O–H groups in total. The fraction of sp³-hybridized carbons (Fsp3) is 0.688. The van der Waals surface area contributed by atoms with E-state index in [9.17, 15) is 4.79 Å². The lowest BCUT2D eigenvalue weighted by Crippen LogP contribution is -2.49. The quantitative estimate of drug-likeness (QED) is 0.787. The van der Waals surface area contributed by atoms with Crippen molar-refractivity contribution < 1.29 is 9.53 Å². The zero-order valence-corrected chi connectivity index (χ0v) is 15.1. The monoisotopic (exact) mass is 340 g/mol. The zero-order chi connectivity index (χ0) is 16.7. The van der Waals surface area contributed by atoms with Crippen molar-refractivity contribution in [3.8, 4) is 0 Å². The molecule has 0 unspecified atom stereocenters. The number of rotatable bonds is 7. The van der Waals surface area contributed by atoms with E-state index in [2.05, 4.69) is 44.2 Å². The van der Waals surface area contributed by atoms with Crippen LogP contribution >= 0.6 is 11.3 Å². The van der Waals surface area contributed by atoms with Crippen LogP contribution in [0.5, 0.6) is 0 Å². The van der Waals surface area contributed by atoms with Crippen LogP contribution in [-0.4, -0.2) is 75.4 Å². The summed E-state index contributed by atoms with van der Waals surface area (Å²) in [6, 6.07) is 2.53. The van der Waals surface area contributed by atoms with E-state index in [0.717, 1.165) is 26.3 Å². The molecule has 2 amide bonds. The molecule has 0 aromatic carbocycles. The van der Waals surface area contributed by atoms with Crippen molar-refractivity contribution in [2.24, 2.45) is 0 Å². The lowest BCUT2D eigenvalue weighted by atomic mass is 10.1. The molecule has 1 aromatic rings. The second-order valence-electron chi connectivity index (χ2n) is 6.12. The van der Waals surface area contributed by atoms with Crippen molar-refractivity contribution in [1.82, 2.24) is 20.4 Å². The minimum absolute atomic E-state index is 0.104. The first-order valence-electron chi connectivity index (χ1n) is 8.10. The summed E-state index contributed by atoms with van der Waals surface area (Å²) in [5.41, 5.74) is 1.24. The van der Waals surface area contributed by atoms with Gasteiger partial charge < -0.3 is 20.3 Å². The van der Waals surface area contributed by atoms with Gasteiger partial charge in [-0.25, -0.2) is 4.79 Å². The number of ether oxygens (including phenoxy) is 1. The molecule has 1 aliphatic rings. The fourth-order valence-corrected chi connectivity index (χ4v) is 3.41. The van der Waals surface area contributed by atoms with E-state index < -0.39 is 0 Å². The standard InChI is InChI=1S/C16H28N4O2S/c1-13(20-5-7-22-8-6-20)10-17-16(21)18-11-15(19(2)3)14-4-9-23-12-14/h4,9,12-13,15H,5-8,10-11H2,1-3H3,(H2,17,18,21)/t13-,15-/m1/s1. The largest absolute Gasteiger partial charge is 0.379 e. The zero-order valence-electron chi connectivity index (χ0n) is 14.2. The first-order valence-corrected chi connectivity index (χ1v) is 9.04. The van der Waals surface area contributed by atoms with Gasteiger partial charge in [0.25, 0.3) is 0 Å². The average Bonchev–Trinajstić information content (AvgIpc) is 3.07. The van der Waals surface area contributed by atoms with Gasteiger partial charge in [0, 0.05) is 32.2 Å². The number of likely N-dealkylation sites (N-methyl/N-ethyl adjacent to an activating group) is 1. The van der Waals surface area contributed by atoms with Crippen molar-refractivity contribution in [1.29, 1.82) is 0 Å². The number of urea groups is 1. The Morgan fingerprint density at radius 2 is 2.04 bits per heavy atom. The molecule has 6 nitrogen and oxygen atoms in total. The molecule has 2 rings (SSSR count). The molecular weight excluding hydrogens is 312 g/mol. The van der Waals surface area contributed by atoms with E-state index in [1.54, 1.807) is 11.3 Å². The van der Waals surface area contributed by atoms with Crippen LogP contribution in [0.2, 0.25) is 0 Å². The average molecular weight is 340 g/mol. The molecule has 0 spiro atoms. The highest BCUT2D eigenvalue weighted by atomic mass is 32.1. The molecule has 0 bridgehead atoms. The van der Waals surface area contributed by atoms with Gasteiger partial charge in [0.15, 0.2) is 0 Å². The Morgan fingerprint density at radius 1 is 1.35 bits per heavy atom. The molecule has 2 heterocycles. The Kier molecular flexibility index (Phi) is 7.29. The predicted octanol–water partition coefficient (Wildman–Crippen LogP) is 1.37. The SMILES string of the molecule is C[C@H](CNC(=O)NC[C@H](c1ccsc1)N(C)C)N1CCOCC1. The van der Waals surface area contributed by atoms with Crippen LogP contribution in [0.15, 0.2) is 16.8 Å². The lowest BCUT2D eigenvalue weighted by Gasteiger charge is -2.32. The smallest absolute Gasteiger partial charge is 0.314 e. The van der Waals surface area contributed by atoms with Crippen LogP contribution in [0.25, 0.3) is 0 Å². The molecule has 0 saturated carbocycles. The van der Waals surface area contributed by atoms with Crippen molar-refractivity contribution in [3.05, 3.63) is 22.4 Å². The van der Waals surface area contributed by atoms with Gasteiger partial charge in [-0.3, -0.25) is 4.90 Å². The van der Waals surface area contributed by atoms with Gasteiger partial charge in [0.05, 0.1) is 19.3 Å². The van der Waals surface area contributed by atoms with Gasteiger partial charge in [-0.1, -0.05) is 0 Å². The van der Waals surface area contributed by atoms with Crippen molar-refractivity contribution in [2.45, 2.75) is 19.0 Å².